The lowest BCUT2D eigenvalue weighted by Gasteiger charge is -2.14. The molecule has 0 saturated heterocycles. The van der Waals surface area contributed by atoms with Gasteiger partial charge >= 0.3 is 6.03 Å². The molecule has 6 nitrogen and oxygen atoms in total. The van der Waals surface area contributed by atoms with E-state index in [9.17, 15) is 9.59 Å². The number of thiazole rings is 1. The van der Waals surface area contributed by atoms with Crippen molar-refractivity contribution in [1.29, 1.82) is 0 Å². The molecule has 30 heavy (non-hydrogen) atoms. The van der Waals surface area contributed by atoms with E-state index in [1.54, 1.807) is 6.92 Å². The Morgan fingerprint density at radius 3 is 2.23 bits per heavy atom. The van der Waals surface area contributed by atoms with Gasteiger partial charge in [0.05, 0.1) is 11.7 Å². The fraction of sp³-hybridized carbons (Fsp3) is 0.261. The molecule has 7 heteroatoms. The van der Waals surface area contributed by atoms with E-state index in [2.05, 4.69) is 20.9 Å². The molecular formula is C23H26N4O2S. The molecule has 0 aliphatic heterocycles. The molecule has 2 aromatic carbocycles. The lowest BCUT2D eigenvalue weighted by atomic mass is 10.1. The van der Waals surface area contributed by atoms with Crippen molar-refractivity contribution in [2.75, 3.05) is 10.6 Å². The third-order valence-electron chi connectivity index (χ3n) is 4.79. The van der Waals surface area contributed by atoms with Crippen LogP contribution in [0.25, 0.3) is 0 Å². The molecule has 0 aliphatic carbocycles. The lowest BCUT2D eigenvalue weighted by molar-refractivity contribution is 0.102. The first kappa shape index (κ1) is 21.5. The fourth-order valence-corrected chi connectivity index (χ4v) is 4.22. The number of carbonyl (C=O) groups is 2. The van der Waals surface area contributed by atoms with Crippen molar-refractivity contribution in [3.8, 4) is 0 Å². The molecular weight excluding hydrogens is 396 g/mol. The number of hydrogen-bond donors (Lipinski definition) is 3. The van der Waals surface area contributed by atoms with E-state index in [1.807, 2.05) is 70.2 Å². The van der Waals surface area contributed by atoms with Gasteiger partial charge in [0.25, 0.3) is 5.91 Å². The highest BCUT2D eigenvalue weighted by atomic mass is 32.1. The Kier molecular flexibility index (Phi) is 6.52. The van der Waals surface area contributed by atoms with Crippen LogP contribution in [0.5, 0.6) is 0 Å². The highest BCUT2D eigenvalue weighted by molar-refractivity contribution is 7.17. The summed E-state index contributed by atoms with van der Waals surface area (Å²) in [5.41, 5.74) is 5.56. The van der Waals surface area contributed by atoms with E-state index < -0.39 is 0 Å². The summed E-state index contributed by atoms with van der Waals surface area (Å²) in [7, 11) is 0. The van der Waals surface area contributed by atoms with Gasteiger partial charge in [-0.2, -0.15) is 0 Å². The van der Waals surface area contributed by atoms with Crippen LogP contribution in [0.15, 0.2) is 42.5 Å². The topological polar surface area (TPSA) is 83.1 Å². The summed E-state index contributed by atoms with van der Waals surface area (Å²) in [5, 5.41) is 8.98. The Morgan fingerprint density at radius 2 is 1.60 bits per heavy atom. The highest BCUT2D eigenvalue weighted by Gasteiger charge is 2.19. The van der Waals surface area contributed by atoms with E-state index in [0.29, 0.717) is 15.7 Å². The number of nitrogens with one attached hydrogen (secondary N) is 3. The van der Waals surface area contributed by atoms with Gasteiger partial charge in [0.15, 0.2) is 5.13 Å². The van der Waals surface area contributed by atoms with Crippen molar-refractivity contribution in [2.45, 2.75) is 40.7 Å². The molecule has 0 aliphatic rings. The number of benzene rings is 2. The second kappa shape index (κ2) is 9.09. The maximum atomic E-state index is 12.8. The largest absolute Gasteiger partial charge is 0.331 e. The van der Waals surface area contributed by atoms with Crippen molar-refractivity contribution in [3.63, 3.8) is 0 Å². The molecule has 1 heterocycles. The summed E-state index contributed by atoms with van der Waals surface area (Å²) in [6.07, 6.45) is 0. The predicted molar refractivity (Wildman–Crippen MR) is 122 cm³/mol. The molecule has 3 amide bonds. The Morgan fingerprint density at radius 1 is 0.967 bits per heavy atom. The zero-order valence-electron chi connectivity index (χ0n) is 17.8. The Hall–Kier alpha value is -3.19. The number of rotatable bonds is 5. The number of urea groups is 1. The number of nitrogens with zero attached hydrogens (tertiary/aromatic N) is 1. The fourth-order valence-electron chi connectivity index (χ4n) is 3.36. The molecule has 0 saturated carbocycles. The average Bonchev–Trinajstić information content (AvgIpc) is 3.05. The molecule has 0 bridgehead atoms. The van der Waals surface area contributed by atoms with E-state index in [1.165, 1.54) is 0 Å². The zero-order chi connectivity index (χ0) is 21.8. The Balaban J connectivity index is 1.68. The number of aromatic nitrogens is 1. The van der Waals surface area contributed by atoms with E-state index in [0.717, 1.165) is 39.3 Å². The zero-order valence-corrected chi connectivity index (χ0v) is 18.6. The number of hydrogen-bond acceptors (Lipinski definition) is 4. The van der Waals surface area contributed by atoms with Gasteiger partial charge in [0.1, 0.15) is 4.88 Å². The van der Waals surface area contributed by atoms with Crippen molar-refractivity contribution < 1.29 is 9.59 Å². The van der Waals surface area contributed by atoms with Crippen LogP contribution in [-0.4, -0.2) is 16.9 Å². The van der Waals surface area contributed by atoms with Crippen LogP contribution in [0.3, 0.4) is 0 Å². The van der Waals surface area contributed by atoms with Crippen LogP contribution in [0.4, 0.5) is 15.6 Å². The molecule has 3 aromatic rings. The van der Waals surface area contributed by atoms with Gasteiger partial charge < -0.3 is 10.6 Å². The van der Waals surface area contributed by atoms with Crippen molar-refractivity contribution in [2.24, 2.45) is 0 Å². The Labute approximate surface area is 180 Å². The quantitative estimate of drug-likeness (QED) is 0.507. The average molecular weight is 423 g/mol. The van der Waals surface area contributed by atoms with Gasteiger partial charge in [0.2, 0.25) is 0 Å². The molecule has 0 radical (unpaired) electrons. The molecule has 0 fully saturated rings. The standard InChI is InChI=1S/C23H26N4O2S/c1-13-11-14(2)19(15(3)12-13)26-21(28)20-17(5)25-23(30-20)27-22(29)24-16(4)18-9-7-6-8-10-18/h6-12,16H,1-5H3,(H,26,28)(H2,24,25,27,29). The minimum absolute atomic E-state index is 0.150. The van der Waals surface area contributed by atoms with Crippen LogP contribution < -0.4 is 16.0 Å². The lowest BCUT2D eigenvalue weighted by Crippen LogP contribution is -2.31. The maximum absolute atomic E-state index is 12.8. The van der Waals surface area contributed by atoms with E-state index >= 15 is 0 Å². The third kappa shape index (κ3) is 5.04. The van der Waals surface area contributed by atoms with Crippen LogP contribution >= 0.6 is 11.3 Å². The first-order valence-corrected chi connectivity index (χ1v) is 10.6. The van der Waals surface area contributed by atoms with Gasteiger partial charge in [-0.25, -0.2) is 9.78 Å². The molecule has 3 rings (SSSR count). The number of anilines is 2. The second-order valence-corrected chi connectivity index (χ2v) is 8.39. The van der Waals surface area contributed by atoms with E-state index in [4.69, 9.17) is 0 Å². The number of carbonyl (C=O) groups excluding carboxylic acids is 2. The molecule has 1 unspecified atom stereocenters. The van der Waals surface area contributed by atoms with Crippen LogP contribution in [-0.2, 0) is 0 Å². The summed E-state index contributed by atoms with van der Waals surface area (Å²) in [5.74, 6) is -0.230. The monoisotopic (exact) mass is 422 g/mol. The van der Waals surface area contributed by atoms with Crippen LogP contribution in [0, 0.1) is 27.7 Å². The minimum atomic E-state index is -0.364. The summed E-state index contributed by atoms with van der Waals surface area (Å²) in [6, 6.07) is 13.3. The van der Waals surface area contributed by atoms with Gasteiger partial charge in [-0.05, 0) is 51.3 Å². The van der Waals surface area contributed by atoms with Crippen molar-refractivity contribution in [1.82, 2.24) is 10.3 Å². The van der Waals surface area contributed by atoms with Crippen LogP contribution in [0.1, 0.15) is 50.6 Å². The first-order valence-electron chi connectivity index (χ1n) is 9.73. The SMILES string of the molecule is Cc1cc(C)c(NC(=O)c2sc(NC(=O)NC(C)c3ccccc3)nc2C)c(C)c1. The van der Waals surface area contributed by atoms with Crippen LogP contribution in [0.2, 0.25) is 0 Å². The summed E-state index contributed by atoms with van der Waals surface area (Å²) in [4.78, 5) is 30.0. The van der Waals surface area contributed by atoms with Gasteiger partial charge in [-0.15, -0.1) is 0 Å². The summed E-state index contributed by atoms with van der Waals surface area (Å²) < 4.78 is 0. The minimum Gasteiger partial charge on any atom is -0.331 e. The van der Waals surface area contributed by atoms with E-state index in [-0.39, 0.29) is 18.0 Å². The molecule has 156 valence electrons. The van der Waals surface area contributed by atoms with Gasteiger partial charge in [-0.3, -0.25) is 10.1 Å². The van der Waals surface area contributed by atoms with Crippen molar-refractivity contribution in [3.05, 3.63) is 75.3 Å². The Bertz CT molecular complexity index is 1050. The summed E-state index contributed by atoms with van der Waals surface area (Å²) in [6.45, 7) is 9.64. The third-order valence-corrected chi connectivity index (χ3v) is 5.86. The predicted octanol–water partition coefficient (Wildman–Crippen LogP) is 5.51. The van der Waals surface area contributed by atoms with Gasteiger partial charge in [0, 0.05) is 5.69 Å². The number of amides is 3. The summed E-state index contributed by atoms with van der Waals surface area (Å²) >= 11 is 1.16. The van der Waals surface area contributed by atoms with Crippen molar-refractivity contribution >= 4 is 34.1 Å². The smallest absolute Gasteiger partial charge is 0.321 e. The molecule has 0 spiro atoms. The molecule has 1 atom stereocenters. The normalized spacial score (nSPS) is 11.6. The molecule has 3 N–H and O–H groups in total. The highest BCUT2D eigenvalue weighted by Crippen LogP contribution is 2.27. The maximum Gasteiger partial charge on any atom is 0.321 e. The number of aryl methyl sites for hydroxylation is 4. The first-order chi connectivity index (χ1) is 14.2. The second-order valence-electron chi connectivity index (χ2n) is 7.39. The van der Waals surface area contributed by atoms with Gasteiger partial charge in [-0.1, -0.05) is 59.4 Å². The molecule has 1 aromatic heterocycles.